The van der Waals surface area contributed by atoms with Gasteiger partial charge in [0.2, 0.25) is 5.89 Å². The van der Waals surface area contributed by atoms with Gasteiger partial charge in [-0.3, -0.25) is 4.79 Å². The van der Waals surface area contributed by atoms with E-state index in [2.05, 4.69) is 4.98 Å². The zero-order chi connectivity index (χ0) is 11.7. The number of fused-ring (bicyclic) bond motifs is 1. The monoisotopic (exact) mass is 223 g/mol. The molecule has 0 aliphatic heterocycles. The minimum absolute atomic E-state index is 0.121. The van der Waals surface area contributed by atoms with Crippen molar-refractivity contribution in [3.8, 4) is 0 Å². The molecule has 2 aromatic rings. The predicted molar refractivity (Wildman–Crippen MR) is 54.6 cm³/mol. The molecule has 1 unspecified atom stereocenters. The maximum atomic E-state index is 12.9. The van der Waals surface area contributed by atoms with Gasteiger partial charge in [-0.1, -0.05) is 6.92 Å². The summed E-state index contributed by atoms with van der Waals surface area (Å²) in [4.78, 5) is 14.9. The summed E-state index contributed by atoms with van der Waals surface area (Å²) in [5, 5.41) is 8.93. The Kier molecular flexibility index (Phi) is 2.60. The number of rotatable bonds is 3. The summed E-state index contributed by atoms with van der Waals surface area (Å²) in [6.07, 6.45) is 0.380. The molecular weight excluding hydrogens is 213 g/mol. The number of oxazole rings is 1. The van der Waals surface area contributed by atoms with Gasteiger partial charge in [-0.05, 0) is 18.6 Å². The summed E-state index contributed by atoms with van der Waals surface area (Å²) >= 11 is 0. The second-order valence-electron chi connectivity index (χ2n) is 3.46. The normalized spacial score (nSPS) is 12.9. The van der Waals surface area contributed by atoms with Gasteiger partial charge in [0.25, 0.3) is 0 Å². The fourth-order valence-corrected chi connectivity index (χ4v) is 1.52. The molecule has 1 N–H and O–H groups in total. The van der Waals surface area contributed by atoms with Gasteiger partial charge in [-0.2, -0.15) is 0 Å². The fraction of sp³-hybridized carbons (Fsp3) is 0.273. The van der Waals surface area contributed by atoms with E-state index >= 15 is 0 Å². The highest BCUT2D eigenvalue weighted by Gasteiger charge is 2.23. The van der Waals surface area contributed by atoms with Crippen LogP contribution in [0.1, 0.15) is 25.2 Å². The molecular formula is C11H10FNO3. The van der Waals surface area contributed by atoms with Crippen molar-refractivity contribution in [3.05, 3.63) is 29.9 Å². The first-order chi connectivity index (χ1) is 7.61. The van der Waals surface area contributed by atoms with Crippen molar-refractivity contribution in [2.45, 2.75) is 19.3 Å². The van der Waals surface area contributed by atoms with Crippen LogP contribution in [0.2, 0.25) is 0 Å². The van der Waals surface area contributed by atoms with Crippen LogP contribution in [0.5, 0.6) is 0 Å². The highest BCUT2D eigenvalue weighted by atomic mass is 19.1. The van der Waals surface area contributed by atoms with Crippen molar-refractivity contribution in [1.82, 2.24) is 4.98 Å². The summed E-state index contributed by atoms with van der Waals surface area (Å²) in [6, 6.07) is 3.92. The van der Waals surface area contributed by atoms with E-state index in [9.17, 15) is 9.18 Å². The van der Waals surface area contributed by atoms with E-state index < -0.39 is 17.7 Å². The topological polar surface area (TPSA) is 63.3 Å². The lowest BCUT2D eigenvalue weighted by Gasteiger charge is -2.02. The number of carbonyl (C=O) groups is 1. The van der Waals surface area contributed by atoms with Crippen LogP contribution in [-0.2, 0) is 4.79 Å². The highest BCUT2D eigenvalue weighted by molar-refractivity contribution is 5.77. The summed E-state index contributed by atoms with van der Waals surface area (Å²) in [5.74, 6) is -2.08. The number of hydrogen-bond donors (Lipinski definition) is 1. The molecule has 84 valence electrons. The maximum Gasteiger partial charge on any atom is 0.315 e. The lowest BCUT2D eigenvalue weighted by Crippen LogP contribution is -2.10. The number of benzene rings is 1. The average Bonchev–Trinajstić information content (AvgIpc) is 2.60. The lowest BCUT2D eigenvalue weighted by atomic mass is 10.1. The van der Waals surface area contributed by atoms with Gasteiger partial charge < -0.3 is 9.52 Å². The number of aliphatic carboxylic acids is 1. The fourth-order valence-electron chi connectivity index (χ4n) is 1.52. The Labute approximate surface area is 90.7 Å². The molecule has 0 amide bonds. The molecule has 2 rings (SSSR count). The van der Waals surface area contributed by atoms with Crippen molar-refractivity contribution in [3.63, 3.8) is 0 Å². The van der Waals surface area contributed by atoms with Crippen LogP contribution in [0, 0.1) is 5.82 Å². The van der Waals surface area contributed by atoms with E-state index in [0.29, 0.717) is 11.9 Å². The van der Waals surface area contributed by atoms with Crippen molar-refractivity contribution in [2.75, 3.05) is 0 Å². The van der Waals surface area contributed by atoms with Crippen molar-refractivity contribution < 1.29 is 18.7 Å². The second kappa shape index (κ2) is 3.92. The third-order valence-corrected chi connectivity index (χ3v) is 2.37. The predicted octanol–water partition coefficient (Wildman–Crippen LogP) is 2.55. The molecule has 0 aliphatic rings. The molecule has 0 saturated carbocycles. The zero-order valence-electron chi connectivity index (χ0n) is 8.61. The molecule has 1 heterocycles. The first kappa shape index (κ1) is 10.6. The molecule has 0 spiro atoms. The number of carboxylic acids is 1. The lowest BCUT2D eigenvalue weighted by molar-refractivity contribution is -0.139. The molecule has 0 radical (unpaired) electrons. The molecule has 0 bridgehead atoms. The average molecular weight is 223 g/mol. The molecule has 16 heavy (non-hydrogen) atoms. The first-order valence-corrected chi connectivity index (χ1v) is 4.90. The van der Waals surface area contributed by atoms with E-state index in [-0.39, 0.29) is 11.5 Å². The van der Waals surface area contributed by atoms with Gasteiger partial charge in [0, 0.05) is 6.07 Å². The van der Waals surface area contributed by atoms with Crippen LogP contribution in [0.25, 0.3) is 11.1 Å². The Balaban J connectivity index is 2.49. The number of carboxylic acid groups (broad SMARTS) is 1. The minimum Gasteiger partial charge on any atom is -0.481 e. The smallest absolute Gasteiger partial charge is 0.315 e. The van der Waals surface area contributed by atoms with Gasteiger partial charge >= 0.3 is 5.97 Å². The molecule has 1 aromatic heterocycles. The number of halogens is 1. The van der Waals surface area contributed by atoms with E-state index in [1.54, 1.807) is 6.92 Å². The number of hydrogen-bond acceptors (Lipinski definition) is 3. The van der Waals surface area contributed by atoms with E-state index in [1.165, 1.54) is 18.2 Å². The van der Waals surface area contributed by atoms with E-state index in [4.69, 9.17) is 9.52 Å². The maximum absolute atomic E-state index is 12.9. The number of nitrogens with zero attached hydrogens (tertiary/aromatic N) is 1. The number of aromatic nitrogens is 1. The third kappa shape index (κ3) is 1.76. The molecule has 0 aliphatic carbocycles. The Morgan fingerprint density at radius 3 is 3.00 bits per heavy atom. The Bertz CT molecular complexity index is 535. The van der Waals surface area contributed by atoms with Crippen LogP contribution in [0.3, 0.4) is 0 Å². The van der Waals surface area contributed by atoms with Crippen molar-refractivity contribution in [2.24, 2.45) is 0 Å². The summed E-state index contributed by atoms with van der Waals surface area (Å²) < 4.78 is 18.1. The van der Waals surface area contributed by atoms with Crippen LogP contribution in [-0.4, -0.2) is 16.1 Å². The molecule has 0 fully saturated rings. The van der Waals surface area contributed by atoms with Crippen LogP contribution in [0.15, 0.2) is 22.6 Å². The molecule has 1 aromatic carbocycles. The minimum atomic E-state index is -0.991. The van der Waals surface area contributed by atoms with Crippen molar-refractivity contribution >= 4 is 17.1 Å². The Hall–Kier alpha value is -1.91. The van der Waals surface area contributed by atoms with Crippen LogP contribution in [0.4, 0.5) is 4.39 Å². The summed E-state index contributed by atoms with van der Waals surface area (Å²) in [6.45, 7) is 1.73. The first-order valence-electron chi connectivity index (χ1n) is 4.90. The molecule has 1 atom stereocenters. The second-order valence-corrected chi connectivity index (χ2v) is 3.46. The Morgan fingerprint density at radius 2 is 2.38 bits per heavy atom. The third-order valence-electron chi connectivity index (χ3n) is 2.37. The summed E-state index contributed by atoms with van der Waals surface area (Å²) in [7, 11) is 0. The largest absolute Gasteiger partial charge is 0.481 e. The highest BCUT2D eigenvalue weighted by Crippen LogP contribution is 2.24. The van der Waals surface area contributed by atoms with Gasteiger partial charge in [0.1, 0.15) is 17.3 Å². The zero-order valence-corrected chi connectivity index (χ0v) is 8.61. The van der Waals surface area contributed by atoms with Gasteiger partial charge in [-0.15, -0.1) is 0 Å². The van der Waals surface area contributed by atoms with Crippen LogP contribution >= 0.6 is 0 Å². The molecule has 4 nitrogen and oxygen atoms in total. The Morgan fingerprint density at radius 1 is 1.62 bits per heavy atom. The molecule has 5 heteroatoms. The molecule has 0 saturated heterocycles. The standard InChI is InChI=1S/C11H10FNO3/c1-2-7(11(14)15)10-13-8-4-3-6(12)5-9(8)16-10/h3-5,7H,2H2,1H3,(H,14,15). The van der Waals surface area contributed by atoms with Gasteiger partial charge in [0.05, 0.1) is 0 Å². The quantitative estimate of drug-likeness (QED) is 0.868. The van der Waals surface area contributed by atoms with Gasteiger partial charge in [0.15, 0.2) is 5.58 Å². The van der Waals surface area contributed by atoms with E-state index in [0.717, 1.165) is 0 Å². The van der Waals surface area contributed by atoms with Crippen molar-refractivity contribution in [1.29, 1.82) is 0 Å². The SMILES string of the molecule is CCC(C(=O)O)c1nc2ccc(F)cc2o1. The van der Waals surface area contributed by atoms with E-state index in [1.807, 2.05) is 0 Å². The van der Waals surface area contributed by atoms with Gasteiger partial charge in [-0.25, -0.2) is 9.37 Å². The summed E-state index contributed by atoms with van der Waals surface area (Å²) in [5.41, 5.74) is 0.741. The van der Waals surface area contributed by atoms with Crippen LogP contribution < -0.4 is 0 Å².